The van der Waals surface area contributed by atoms with Crippen LogP contribution in [0, 0.1) is 11.6 Å². The number of amides is 1. The van der Waals surface area contributed by atoms with Crippen molar-refractivity contribution in [3.05, 3.63) is 44.1 Å². The molecule has 0 radical (unpaired) electrons. The number of fused-ring (bicyclic) bond motifs is 1. The average molecular weight is 365 g/mol. The molecule has 1 N–H and O–H groups in total. The summed E-state index contributed by atoms with van der Waals surface area (Å²) in [6.45, 7) is 0. The molecule has 3 nitrogen and oxygen atoms in total. The molecule has 3 aromatic rings. The maximum atomic E-state index is 13.5. The number of halogens is 4. The number of anilines is 1. The van der Waals surface area contributed by atoms with Crippen LogP contribution in [0.5, 0.6) is 0 Å². The van der Waals surface area contributed by atoms with Gasteiger partial charge in [-0.15, -0.1) is 11.3 Å². The van der Waals surface area contributed by atoms with Gasteiger partial charge in [-0.3, -0.25) is 10.1 Å². The Morgan fingerprint density at radius 3 is 2.62 bits per heavy atom. The van der Waals surface area contributed by atoms with Crippen molar-refractivity contribution in [3.8, 4) is 0 Å². The second-order valence-corrected chi connectivity index (χ2v) is 7.26. The Bertz CT molecular complexity index is 862. The van der Waals surface area contributed by atoms with Crippen LogP contribution in [-0.4, -0.2) is 10.9 Å². The van der Waals surface area contributed by atoms with E-state index in [1.807, 2.05) is 0 Å². The van der Waals surface area contributed by atoms with E-state index in [4.69, 9.17) is 23.2 Å². The predicted octanol–water partition coefficient (Wildman–Crippen LogP) is 5.20. The van der Waals surface area contributed by atoms with Crippen LogP contribution in [0.4, 0.5) is 13.9 Å². The maximum Gasteiger partial charge on any atom is 0.259 e. The van der Waals surface area contributed by atoms with E-state index in [1.165, 1.54) is 6.07 Å². The van der Waals surface area contributed by atoms with Crippen molar-refractivity contribution in [1.82, 2.24) is 4.98 Å². The van der Waals surface area contributed by atoms with Gasteiger partial charge in [0.2, 0.25) is 0 Å². The highest BCUT2D eigenvalue weighted by atomic mass is 35.5. The number of nitrogens with one attached hydrogen (secondary N) is 1. The first-order chi connectivity index (χ1) is 9.94. The summed E-state index contributed by atoms with van der Waals surface area (Å²) < 4.78 is 27.6. The van der Waals surface area contributed by atoms with Crippen LogP contribution in [0.1, 0.15) is 10.4 Å². The van der Waals surface area contributed by atoms with Gasteiger partial charge in [-0.05, 0) is 12.1 Å². The molecule has 0 spiro atoms. The Labute approximate surface area is 135 Å². The smallest absolute Gasteiger partial charge is 0.259 e. The van der Waals surface area contributed by atoms with E-state index in [0.29, 0.717) is 9.04 Å². The topological polar surface area (TPSA) is 42.0 Å². The summed E-state index contributed by atoms with van der Waals surface area (Å²) in [6, 6.07) is 3.32. The number of nitrogens with zero attached hydrogens (tertiary/aromatic N) is 1. The Hall–Kier alpha value is -1.28. The van der Waals surface area contributed by atoms with E-state index in [2.05, 4.69) is 10.3 Å². The fourth-order valence-corrected chi connectivity index (χ4v) is 4.03. The van der Waals surface area contributed by atoms with E-state index in [9.17, 15) is 13.6 Å². The van der Waals surface area contributed by atoms with E-state index in [0.717, 1.165) is 34.8 Å². The summed E-state index contributed by atoms with van der Waals surface area (Å²) in [5.74, 6) is -1.99. The van der Waals surface area contributed by atoms with Gasteiger partial charge >= 0.3 is 0 Å². The van der Waals surface area contributed by atoms with Gasteiger partial charge in [-0.2, -0.15) is 0 Å². The van der Waals surface area contributed by atoms with Crippen molar-refractivity contribution in [3.63, 3.8) is 0 Å². The van der Waals surface area contributed by atoms with Crippen LogP contribution in [0.2, 0.25) is 8.67 Å². The number of aromatic nitrogens is 1. The molecular formula is C12H4Cl2F2N2OS2. The molecule has 21 heavy (non-hydrogen) atoms. The van der Waals surface area contributed by atoms with E-state index < -0.39 is 17.5 Å². The molecule has 0 saturated heterocycles. The Morgan fingerprint density at radius 2 is 1.95 bits per heavy atom. The zero-order valence-electron chi connectivity index (χ0n) is 9.92. The van der Waals surface area contributed by atoms with E-state index in [1.54, 1.807) is 0 Å². The summed E-state index contributed by atoms with van der Waals surface area (Å²) in [4.78, 5) is 16.0. The number of carbonyl (C=O) groups excluding carboxylic acids is 1. The summed E-state index contributed by atoms with van der Waals surface area (Å²) >= 11 is 13.7. The minimum atomic E-state index is -0.779. The van der Waals surface area contributed by atoms with Crippen molar-refractivity contribution < 1.29 is 13.6 Å². The fourth-order valence-electron chi connectivity index (χ4n) is 1.67. The second-order valence-electron chi connectivity index (χ2n) is 3.95. The Kier molecular flexibility index (Phi) is 3.83. The molecule has 9 heteroatoms. The summed E-state index contributed by atoms with van der Waals surface area (Å²) in [6.07, 6.45) is 0. The molecule has 1 aromatic carbocycles. The number of carbonyl (C=O) groups is 1. The first-order valence-electron chi connectivity index (χ1n) is 5.46. The van der Waals surface area contributed by atoms with Crippen LogP contribution in [0.25, 0.3) is 10.2 Å². The number of thiazole rings is 1. The number of rotatable bonds is 2. The molecule has 2 aromatic heterocycles. The minimum Gasteiger partial charge on any atom is -0.298 e. The first-order valence-corrected chi connectivity index (χ1v) is 7.84. The Balaban J connectivity index is 1.93. The molecule has 0 aliphatic heterocycles. The third kappa shape index (κ3) is 2.87. The number of benzene rings is 1. The normalized spacial score (nSPS) is 11.0. The molecule has 0 aliphatic rings. The molecule has 108 valence electrons. The SMILES string of the molecule is O=C(Nc1nc2c(F)cc(F)cc2s1)c1cc(Cl)sc1Cl. The van der Waals surface area contributed by atoms with Crippen LogP contribution >= 0.6 is 45.9 Å². The summed E-state index contributed by atoms with van der Waals surface area (Å²) in [7, 11) is 0. The molecule has 0 aliphatic carbocycles. The second kappa shape index (κ2) is 5.49. The molecule has 0 bridgehead atoms. The first kappa shape index (κ1) is 14.6. The summed E-state index contributed by atoms with van der Waals surface area (Å²) in [5.41, 5.74) is 0.212. The molecule has 0 fully saturated rings. The van der Waals surface area contributed by atoms with Crippen LogP contribution in [0.15, 0.2) is 18.2 Å². The molecule has 1 amide bonds. The molecule has 0 atom stereocenters. The lowest BCUT2D eigenvalue weighted by Gasteiger charge is -1.98. The zero-order chi connectivity index (χ0) is 15.1. The van der Waals surface area contributed by atoms with Gasteiger partial charge in [-0.1, -0.05) is 34.5 Å². The monoisotopic (exact) mass is 364 g/mol. The van der Waals surface area contributed by atoms with Gasteiger partial charge in [0.05, 0.1) is 14.6 Å². The van der Waals surface area contributed by atoms with Crippen LogP contribution in [0.3, 0.4) is 0 Å². The average Bonchev–Trinajstić information content (AvgIpc) is 2.92. The maximum absolute atomic E-state index is 13.5. The Morgan fingerprint density at radius 1 is 1.19 bits per heavy atom. The number of hydrogen-bond donors (Lipinski definition) is 1. The quantitative estimate of drug-likeness (QED) is 0.679. The zero-order valence-corrected chi connectivity index (χ0v) is 13.1. The van der Waals surface area contributed by atoms with Gasteiger partial charge in [0.1, 0.15) is 15.7 Å². The van der Waals surface area contributed by atoms with Gasteiger partial charge in [0.15, 0.2) is 10.9 Å². The van der Waals surface area contributed by atoms with Crippen LogP contribution in [-0.2, 0) is 0 Å². The minimum absolute atomic E-state index is 0.00569. The summed E-state index contributed by atoms with van der Waals surface area (Å²) in [5, 5.41) is 2.64. The molecule has 3 rings (SSSR count). The van der Waals surface area contributed by atoms with Crippen LogP contribution < -0.4 is 5.32 Å². The highest BCUT2D eigenvalue weighted by Crippen LogP contribution is 2.33. The van der Waals surface area contributed by atoms with E-state index in [-0.39, 0.29) is 20.5 Å². The van der Waals surface area contributed by atoms with Gasteiger partial charge in [-0.25, -0.2) is 13.8 Å². The van der Waals surface area contributed by atoms with Crippen molar-refractivity contribution in [2.24, 2.45) is 0 Å². The van der Waals surface area contributed by atoms with Crippen molar-refractivity contribution in [1.29, 1.82) is 0 Å². The molecular weight excluding hydrogens is 361 g/mol. The third-order valence-corrected chi connectivity index (χ3v) is 4.94. The fraction of sp³-hybridized carbons (Fsp3) is 0. The number of thiophene rings is 1. The molecule has 0 saturated carbocycles. The predicted molar refractivity (Wildman–Crippen MR) is 81.8 cm³/mol. The van der Waals surface area contributed by atoms with Gasteiger partial charge < -0.3 is 0 Å². The lowest BCUT2D eigenvalue weighted by atomic mass is 10.3. The lowest BCUT2D eigenvalue weighted by molar-refractivity contribution is 0.102. The number of hydrogen-bond acceptors (Lipinski definition) is 4. The standard InChI is InChI=1S/C12H4Cl2F2N2OS2/c13-8-3-5(10(14)21-8)11(19)18-12-17-9-6(16)1-4(15)2-7(9)20-12/h1-3H,(H,17,18,19). The highest BCUT2D eigenvalue weighted by Gasteiger charge is 2.17. The largest absolute Gasteiger partial charge is 0.298 e. The lowest BCUT2D eigenvalue weighted by Crippen LogP contribution is -2.10. The van der Waals surface area contributed by atoms with Gasteiger partial charge in [0.25, 0.3) is 5.91 Å². The van der Waals surface area contributed by atoms with E-state index >= 15 is 0 Å². The van der Waals surface area contributed by atoms with Crippen molar-refractivity contribution >= 4 is 67.1 Å². The van der Waals surface area contributed by atoms with Gasteiger partial charge in [0, 0.05) is 6.07 Å². The molecule has 0 unspecified atom stereocenters. The van der Waals surface area contributed by atoms with Crippen molar-refractivity contribution in [2.45, 2.75) is 0 Å². The highest BCUT2D eigenvalue weighted by molar-refractivity contribution is 7.22. The molecule has 2 heterocycles. The third-order valence-electron chi connectivity index (χ3n) is 2.53. The van der Waals surface area contributed by atoms with Crippen molar-refractivity contribution in [2.75, 3.05) is 5.32 Å².